The number of carbonyl (C=O) groups is 1. The zero-order chi connectivity index (χ0) is 20.4. The molecule has 148 valence electrons. The Hall–Kier alpha value is -3.20. The Bertz CT molecular complexity index is 1160. The van der Waals surface area contributed by atoms with Crippen LogP contribution in [0, 0.1) is 11.6 Å². The van der Waals surface area contributed by atoms with Crippen molar-refractivity contribution in [2.24, 2.45) is 0 Å². The third-order valence-electron chi connectivity index (χ3n) is 4.21. The van der Waals surface area contributed by atoms with Gasteiger partial charge in [-0.1, -0.05) is 30.0 Å². The van der Waals surface area contributed by atoms with Gasteiger partial charge in [-0.05, 0) is 31.2 Å². The van der Waals surface area contributed by atoms with Crippen LogP contribution in [0.4, 0.5) is 14.5 Å². The van der Waals surface area contributed by atoms with E-state index in [0.29, 0.717) is 23.3 Å². The summed E-state index contributed by atoms with van der Waals surface area (Å²) >= 11 is 1.20. The van der Waals surface area contributed by atoms with Crippen LogP contribution < -0.4 is 5.32 Å². The van der Waals surface area contributed by atoms with Crippen LogP contribution in [-0.2, 0) is 11.3 Å². The number of nitrogens with zero attached hydrogens (tertiary/aromatic N) is 3. The molecular weight excluding hydrogens is 398 g/mol. The lowest BCUT2D eigenvalue weighted by Crippen LogP contribution is -2.15. The predicted octanol–water partition coefficient (Wildman–Crippen LogP) is 4.72. The SMILES string of the molecule is CCn1c(SCC(=O)Nc2ccc(F)c(F)c2)nnc1-c1cc2ccccc2o1. The van der Waals surface area contributed by atoms with Gasteiger partial charge in [-0.3, -0.25) is 9.36 Å². The first-order valence-corrected chi connectivity index (χ1v) is 9.83. The Morgan fingerprint density at radius 1 is 1.14 bits per heavy atom. The van der Waals surface area contributed by atoms with Gasteiger partial charge in [0.15, 0.2) is 22.6 Å². The summed E-state index contributed by atoms with van der Waals surface area (Å²) in [4.78, 5) is 12.2. The smallest absolute Gasteiger partial charge is 0.234 e. The van der Waals surface area contributed by atoms with E-state index in [1.807, 2.05) is 41.8 Å². The van der Waals surface area contributed by atoms with Gasteiger partial charge in [-0.25, -0.2) is 8.78 Å². The van der Waals surface area contributed by atoms with Crippen molar-refractivity contribution < 1.29 is 18.0 Å². The number of fused-ring (bicyclic) bond motifs is 1. The third-order valence-corrected chi connectivity index (χ3v) is 5.18. The Morgan fingerprint density at radius 3 is 2.72 bits per heavy atom. The number of para-hydroxylation sites is 1. The van der Waals surface area contributed by atoms with Crippen LogP contribution in [-0.4, -0.2) is 26.4 Å². The number of furan rings is 1. The van der Waals surface area contributed by atoms with Gasteiger partial charge in [0.2, 0.25) is 11.7 Å². The number of carbonyl (C=O) groups excluding carboxylic acids is 1. The van der Waals surface area contributed by atoms with Crippen LogP contribution in [0.5, 0.6) is 0 Å². The summed E-state index contributed by atoms with van der Waals surface area (Å²) in [6.45, 7) is 2.54. The molecule has 0 saturated carbocycles. The summed E-state index contributed by atoms with van der Waals surface area (Å²) in [6, 6.07) is 12.8. The number of amides is 1. The van der Waals surface area contributed by atoms with Gasteiger partial charge in [0, 0.05) is 23.7 Å². The second kappa shape index (κ2) is 8.04. The molecule has 0 saturated heterocycles. The molecule has 2 aromatic carbocycles. The van der Waals surface area contributed by atoms with Gasteiger partial charge < -0.3 is 9.73 Å². The van der Waals surface area contributed by atoms with E-state index in [-0.39, 0.29) is 17.3 Å². The highest BCUT2D eigenvalue weighted by Gasteiger charge is 2.18. The molecule has 1 N–H and O–H groups in total. The summed E-state index contributed by atoms with van der Waals surface area (Å²) in [5.41, 5.74) is 0.947. The molecule has 1 amide bonds. The number of nitrogens with one attached hydrogen (secondary N) is 1. The molecule has 2 heterocycles. The number of hydrogen-bond acceptors (Lipinski definition) is 5. The molecule has 0 aliphatic rings. The molecule has 2 aromatic heterocycles. The minimum atomic E-state index is -1.02. The molecule has 4 rings (SSSR count). The molecule has 0 atom stereocenters. The highest BCUT2D eigenvalue weighted by Crippen LogP contribution is 2.29. The lowest BCUT2D eigenvalue weighted by Gasteiger charge is -2.07. The fourth-order valence-electron chi connectivity index (χ4n) is 2.86. The van der Waals surface area contributed by atoms with Crippen LogP contribution in [0.1, 0.15) is 6.92 Å². The van der Waals surface area contributed by atoms with Crippen LogP contribution >= 0.6 is 11.8 Å². The van der Waals surface area contributed by atoms with E-state index in [2.05, 4.69) is 15.5 Å². The van der Waals surface area contributed by atoms with Crippen LogP contribution in [0.3, 0.4) is 0 Å². The molecule has 0 aliphatic heterocycles. The van der Waals surface area contributed by atoms with Crippen molar-refractivity contribution in [3.63, 3.8) is 0 Å². The first kappa shape index (κ1) is 19.1. The molecule has 0 radical (unpaired) electrons. The van der Waals surface area contributed by atoms with E-state index in [1.54, 1.807) is 0 Å². The fraction of sp³-hybridized carbons (Fsp3) is 0.150. The van der Waals surface area contributed by atoms with Crippen molar-refractivity contribution >= 4 is 34.3 Å². The molecular formula is C20H16F2N4O2S. The third kappa shape index (κ3) is 4.00. The summed E-state index contributed by atoms with van der Waals surface area (Å²) in [5.74, 6) is -1.14. The Balaban J connectivity index is 1.48. The predicted molar refractivity (Wildman–Crippen MR) is 107 cm³/mol. The summed E-state index contributed by atoms with van der Waals surface area (Å²) in [5, 5.41) is 12.4. The van der Waals surface area contributed by atoms with Gasteiger partial charge >= 0.3 is 0 Å². The molecule has 4 aromatic rings. The number of halogens is 2. The lowest BCUT2D eigenvalue weighted by molar-refractivity contribution is -0.113. The quantitative estimate of drug-likeness (QED) is 0.462. The van der Waals surface area contributed by atoms with Crippen LogP contribution in [0.15, 0.2) is 58.1 Å². The van der Waals surface area contributed by atoms with E-state index >= 15 is 0 Å². The van der Waals surface area contributed by atoms with Crippen molar-refractivity contribution in [3.8, 4) is 11.6 Å². The topological polar surface area (TPSA) is 73.0 Å². The fourth-order valence-corrected chi connectivity index (χ4v) is 3.66. The monoisotopic (exact) mass is 414 g/mol. The second-order valence-electron chi connectivity index (χ2n) is 6.16. The van der Waals surface area contributed by atoms with Crippen molar-refractivity contribution in [2.45, 2.75) is 18.6 Å². The zero-order valence-electron chi connectivity index (χ0n) is 15.4. The van der Waals surface area contributed by atoms with Gasteiger partial charge in [0.1, 0.15) is 5.58 Å². The minimum Gasteiger partial charge on any atom is -0.453 e. The number of hydrogen-bond donors (Lipinski definition) is 1. The van der Waals surface area contributed by atoms with E-state index < -0.39 is 11.6 Å². The Labute approximate surface area is 168 Å². The average Bonchev–Trinajstić information content (AvgIpc) is 3.32. The summed E-state index contributed by atoms with van der Waals surface area (Å²) in [7, 11) is 0. The van der Waals surface area contributed by atoms with Gasteiger partial charge in [-0.2, -0.15) is 0 Å². The van der Waals surface area contributed by atoms with Gasteiger partial charge in [0.05, 0.1) is 5.75 Å². The van der Waals surface area contributed by atoms with Crippen LogP contribution in [0.2, 0.25) is 0 Å². The van der Waals surface area contributed by atoms with Crippen molar-refractivity contribution in [1.29, 1.82) is 0 Å². The van der Waals surface area contributed by atoms with Crippen molar-refractivity contribution in [3.05, 3.63) is 60.2 Å². The molecule has 29 heavy (non-hydrogen) atoms. The zero-order valence-corrected chi connectivity index (χ0v) is 16.2. The second-order valence-corrected chi connectivity index (χ2v) is 7.11. The van der Waals surface area contributed by atoms with Crippen molar-refractivity contribution in [2.75, 3.05) is 11.1 Å². The van der Waals surface area contributed by atoms with Gasteiger partial charge in [0.25, 0.3) is 0 Å². The van der Waals surface area contributed by atoms with E-state index in [0.717, 1.165) is 23.1 Å². The molecule has 0 fully saturated rings. The highest BCUT2D eigenvalue weighted by atomic mass is 32.2. The number of rotatable bonds is 6. The maximum Gasteiger partial charge on any atom is 0.234 e. The van der Waals surface area contributed by atoms with Crippen molar-refractivity contribution in [1.82, 2.24) is 14.8 Å². The first-order chi connectivity index (χ1) is 14.0. The summed E-state index contributed by atoms with van der Waals surface area (Å²) in [6.07, 6.45) is 0. The molecule has 6 nitrogen and oxygen atoms in total. The lowest BCUT2D eigenvalue weighted by atomic mass is 10.2. The standard InChI is InChI=1S/C20H16F2N4O2S/c1-2-26-19(17-9-12-5-3-4-6-16(12)28-17)24-25-20(26)29-11-18(27)23-13-7-8-14(21)15(22)10-13/h3-10H,2,11H2,1H3,(H,23,27). The highest BCUT2D eigenvalue weighted by molar-refractivity contribution is 7.99. The van der Waals surface area contributed by atoms with E-state index in [1.165, 1.54) is 17.8 Å². The largest absolute Gasteiger partial charge is 0.453 e. The normalized spacial score (nSPS) is 11.1. The molecule has 0 unspecified atom stereocenters. The Morgan fingerprint density at radius 2 is 1.97 bits per heavy atom. The maximum absolute atomic E-state index is 13.3. The molecule has 0 bridgehead atoms. The summed E-state index contributed by atoms with van der Waals surface area (Å²) < 4.78 is 34.0. The first-order valence-electron chi connectivity index (χ1n) is 8.85. The van der Waals surface area contributed by atoms with Crippen LogP contribution in [0.25, 0.3) is 22.6 Å². The van der Waals surface area contributed by atoms with Gasteiger partial charge in [-0.15, -0.1) is 10.2 Å². The molecule has 0 spiro atoms. The number of benzene rings is 2. The van der Waals surface area contributed by atoms with E-state index in [9.17, 15) is 13.6 Å². The Kier molecular flexibility index (Phi) is 5.30. The average molecular weight is 414 g/mol. The molecule has 9 heteroatoms. The number of thioether (sulfide) groups is 1. The number of anilines is 1. The minimum absolute atomic E-state index is 0.0389. The van der Waals surface area contributed by atoms with E-state index in [4.69, 9.17) is 4.42 Å². The maximum atomic E-state index is 13.3. The molecule has 0 aliphatic carbocycles. The number of aromatic nitrogens is 3.